The van der Waals surface area contributed by atoms with E-state index in [0.717, 1.165) is 6.42 Å². The number of hydrogen-bond acceptors (Lipinski definition) is 2. The lowest BCUT2D eigenvalue weighted by atomic mass is 10.1. The number of hydroxylamine groups is 2. The van der Waals surface area contributed by atoms with Crippen LogP contribution in [0.1, 0.15) is 20.3 Å². The van der Waals surface area contributed by atoms with Crippen LogP contribution < -0.4 is 0 Å². The maximum Gasteiger partial charge on any atom is 0.249 e. The lowest BCUT2D eigenvalue weighted by Gasteiger charge is -2.14. The number of carbonyl (C=O) groups is 1. The number of amides is 1. The molecule has 0 aromatic rings. The van der Waals surface area contributed by atoms with Gasteiger partial charge in [0.2, 0.25) is 5.91 Å². The summed E-state index contributed by atoms with van der Waals surface area (Å²) in [5, 5.41) is 1.30. The number of carbonyl (C=O) groups excluding carboxylic acids is 1. The number of hydrogen-bond donors (Lipinski definition) is 0. The van der Waals surface area contributed by atoms with Gasteiger partial charge in [-0.1, -0.05) is 13.8 Å². The highest BCUT2D eigenvalue weighted by Crippen LogP contribution is 2.52. The summed E-state index contributed by atoms with van der Waals surface area (Å²) in [6.45, 7) is 4.19. The third kappa shape index (κ3) is 1.53. The fraction of sp³-hybridized carbons (Fsp3) is 0.875. The van der Waals surface area contributed by atoms with Crippen molar-refractivity contribution in [2.24, 2.45) is 11.3 Å². The van der Waals surface area contributed by atoms with Gasteiger partial charge in [-0.3, -0.25) is 9.63 Å². The number of rotatable bonds is 2. The van der Waals surface area contributed by atoms with Crippen LogP contribution in [0.5, 0.6) is 0 Å². The summed E-state index contributed by atoms with van der Waals surface area (Å²) >= 11 is 0. The Morgan fingerprint density at radius 2 is 2.09 bits per heavy atom. The minimum atomic E-state index is 0.0949. The first-order chi connectivity index (χ1) is 4.99. The number of nitrogens with zero attached hydrogens (tertiary/aromatic N) is 1. The fourth-order valence-electron chi connectivity index (χ4n) is 1.20. The molecule has 64 valence electrons. The molecule has 3 heteroatoms. The van der Waals surface area contributed by atoms with Gasteiger partial charge in [-0.25, -0.2) is 5.06 Å². The lowest BCUT2D eigenvalue weighted by molar-refractivity contribution is -0.171. The first-order valence-corrected chi connectivity index (χ1v) is 3.80. The Hall–Kier alpha value is -0.570. The Labute approximate surface area is 67.3 Å². The Balaban J connectivity index is 2.46. The van der Waals surface area contributed by atoms with E-state index in [1.165, 1.54) is 12.2 Å². The maximum absolute atomic E-state index is 11.4. The highest BCUT2D eigenvalue weighted by atomic mass is 16.7. The molecule has 1 saturated carbocycles. The first kappa shape index (κ1) is 8.53. The monoisotopic (exact) mass is 157 g/mol. The summed E-state index contributed by atoms with van der Waals surface area (Å²) < 4.78 is 0. The van der Waals surface area contributed by atoms with Crippen LogP contribution in [0.15, 0.2) is 0 Å². The van der Waals surface area contributed by atoms with E-state index in [1.807, 2.05) is 0 Å². The van der Waals surface area contributed by atoms with Crippen molar-refractivity contribution in [3.05, 3.63) is 0 Å². The zero-order chi connectivity index (χ0) is 8.65. The molecule has 0 N–H and O–H groups in total. The van der Waals surface area contributed by atoms with Crippen LogP contribution >= 0.6 is 0 Å². The summed E-state index contributed by atoms with van der Waals surface area (Å²) in [7, 11) is 3.16. The van der Waals surface area contributed by atoms with Gasteiger partial charge in [0, 0.05) is 13.0 Å². The predicted octanol–water partition coefficient (Wildman–Crippen LogP) is 1.05. The van der Waals surface area contributed by atoms with Crippen molar-refractivity contribution in [3.63, 3.8) is 0 Å². The van der Waals surface area contributed by atoms with E-state index in [2.05, 4.69) is 13.8 Å². The van der Waals surface area contributed by atoms with Crippen molar-refractivity contribution in [2.75, 3.05) is 14.2 Å². The second-order valence-electron chi connectivity index (χ2n) is 3.76. The largest absolute Gasteiger partial charge is 0.275 e. The molecule has 0 heterocycles. The fourth-order valence-corrected chi connectivity index (χ4v) is 1.20. The SMILES string of the molecule is CON(C)C(=O)C1CC1(C)C. The average molecular weight is 157 g/mol. The van der Waals surface area contributed by atoms with E-state index in [9.17, 15) is 4.79 Å². The average Bonchev–Trinajstić information content (AvgIpc) is 2.56. The molecular weight excluding hydrogens is 142 g/mol. The molecule has 11 heavy (non-hydrogen) atoms. The minimum absolute atomic E-state index is 0.0949. The van der Waals surface area contributed by atoms with Crippen molar-refractivity contribution in [1.82, 2.24) is 5.06 Å². The van der Waals surface area contributed by atoms with Crippen LogP contribution in [0.25, 0.3) is 0 Å². The van der Waals surface area contributed by atoms with E-state index in [4.69, 9.17) is 4.84 Å². The van der Waals surface area contributed by atoms with E-state index >= 15 is 0 Å². The second kappa shape index (κ2) is 2.48. The van der Waals surface area contributed by atoms with Gasteiger partial charge in [0.15, 0.2) is 0 Å². The summed E-state index contributed by atoms with van der Waals surface area (Å²) in [5.41, 5.74) is 0.198. The zero-order valence-corrected chi connectivity index (χ0v) is 7.55. The van der Waals surface area contributed by atoms with Crippen LogP contribution in [-0.4, -0.2) is 25.1 Å². The zero-order valence-electron chi connectivity index (χ0n) is 7.55. The van der Waals surface area contributed by atoms with Crippen molar-refractivity contribution < 1.29 is 9.63 Å². The van der Waals surface area contributed by atoms with Crippen molar-refractivity contribution in [3.8, 4) is 0 Å². The van der Waals surface area contributed by atoms with E-state index in [1.54, 1.807) is 7.05 Å². The molecule has 1 amide bonds. The van der Waals surface area contributed by atoms with E-state index < -0.39 is 0 Å². The predicted molar refractivity (Wildman–Crippen MR) is 41.7 cm³/mol. The Morgan fingerprint density at radius 3 is 2.36 bits per heavy atom. The third-order valence-electron chi connectivity index (χ3n) is 2.40. The van der Waals surface area contributed by atoms with Crippen molar-refractivity contribution in [2.45, 2.75) is 20.3 Å². The molecule has 1 atom stereocenters. The molecule has 1 fully saturated rings. The van der Waals surface area contributed by atoms with E-state index in [-0.39, 0.29) is 17.2 Å². The van der Waals surface area contributed by atoms with Gasteiger partial charge in [0.1, 0.15) is 0 Å². The second-order valence-corrected chi connectivity index (χ2v) is 3.76. The maximum atomic E-state index is 11.4. The minimum Gasteiger partial charge on any atom is -0.275 e. The molecule has 0 bridgehead atoms. The van der Waals surface area contributed by atoms with Gasteiger partial charge < -0.3 is 0 Å². The highest BCUT2D eigenvalue weighted by molar-refractivity contribution is 5.81. The summed E-state index contributed by atoms with van der Waals surface area (Å²) in [5.74, 6) is 0.268. The van der Waals surface area contributed by atoms with Crippen LogP contribution in [0.3, 0.4) is 0 Å². The molecule has 1 unspecified atom stereocenters. The van der Waals surface area contributed by atoms with Crippen LogP contribution in [0, 0.1) is 11.3 Å². The quantitative estimate of drug-likeness (QED) is 0.561. The van der Waals surface area contributed by atoms with Crippen LogP contribution in [-0.2, 0) is 9.63 Å². The summed E-state index contributed by atoms with van der Waals surface area (Å²) in [6, 6.07) is 0. The molecular formula is C8H15NO2. The van der Waals surface area contributed by atoms with E-state index in [0.29, 0.717) is 0 Å². The third-order valence-corrected chi connectivity index (χ3v) is 2.40. The normalized spacial score (nSPS) is 26.4. The van der Waals surface area contributed by atoms with Gasteiger partial charge in [-0.2, -0.15) is 0 Å². The topological polar surface area (TPSA) is 29.5 Å². The molecule has 1 aliphatic carbocycles. The van der Waals surface area contributed by atoms with Crippen LogP contribution in [0.4, 0.5) is 0 Å². The van der Waals surface area contributed by atoms with Gasteiger partial charge in [0.25, 0.3) is 0 Å². The molecule has 0 saturated heterocycles. The smallest absolute Gasteiger partial charge is 0.249 e. The lowest BCUT2D eigenvalue weighted by Crippen LogP contribution is -2.28. The first-order valence-electron chi connectivity index (χ1n) is 3.80. The highest BCUT2D eigenvalue weighted by Gasteiger charge is 2.51. The molecule has 1 aliphatic rings. The molecule has 0 aliphatic heterocycles. The van der Waals surface area contributed by atoms with Crippen molar-refractivity contribution >= 4 is 5.91 Å². The Kier molecular flexibility index (Phi) is 1.92. The standard InChI is InChI=1S/C8H15NO2/c1-8(2)5-6(8)7(10)9(3)11-4/h6H,5H2,1-4H3. The van der Waals surface area contributed by atoms with Gasteiger partial charge in [0.05, 0.1) is 7.11 Å². The van der Waals surface area contributed by atoms with Crippen molar-refractivity contribution in [1.29, 1.82) is 0 Å². The van der Waals surface area contributed by atoms with Gasteiger partial charge >= 0.3 is 0 Å². The Bertz CT molecular complexity index is 177. The summed E-state index contributed by atoms with van der Waals surface area (Å²) in [6.07, 6.45) is 0.986. The molecule has 1 rings (SSSR count). The van der Waals surface area contributed by atoms with Gasteiger partial charge in [-0.05, 0) is 11.8 Å². The molecule has 0 aromatic heterocycles. The van der Waals surface area contributed by atoms with Crippen LogP contribution in [0.2, 0.25) is 0 Å². The molecule has 0 radical (unpaired) electrons. The Morgan fingerprint density at radius 1 is 1.64 bits per heavy atom. The summed E-state index contributed by atoms with van der Waals surface area (Å²) in [4.78, 5) is 16.1. The molecule has 3 nitrogen and oxygen atoms in total. The molecule has 0 spiro atoms. The van der Waals surface area contributed by atoms with Gasteiger partial charge in [-0.15, -0.1) is 0 Å². The molecule has 0 aromatic carbocycles.